The molecule has 1 rings (SSSR count). The summed E-state index contributed by atoms with van der Waals surface area (Å²) in [6, 6.07) is 0. The molecule has 1 heterocycles. The lowest BCUT2D eigenvalue weighted by Crippen LogP contribution is -2.00. The van der Waals surface area contributed by atoms with Crippen LogP contribution in [0.15, 0.2) is 49.4 Å². The first-order valence-corrected chi connectivity index (χ1v) is 4.64. The van der Waals surface area contributed by atoms with E-state index in [0.717, 1.165) is 5.57 Å². The normalized spacial score (nSPS) is 11.1. The molecule has 3 nitrogen and oxygen atoms in total. The Hall–Kier alpha value is -1.90. The molecule has 0 atom stereocenters. The lowest BCUT2D eigenvalue weighted by Gasteiger charge is -2.00. The lowest BCUT2D eigenvalue weighted by molar-refractivity contribution is 0.101. The molecule has 15 heavy (non-hydrogen) atoms. The minimum absolute atomic E-state index is 0.0223. The van der Waals surface area contributed by atoms with Gasteiger partial charge in [0, 0.05) is 6.20 Å². The van der Waals surface area contributed by atoms with Crippen molar-refractivity contribution in [2.75, 3.05) is 0 Å². The van der Waals surface area contributed by atoms with E-state index in [1.54, 1.807) is 29.2 Å². The third-order valence-corrected chi connectivity index (χ3v) is 1.98. The van der Waals surface area contributed by atoms with Crippen molar-refractivity contribution in [1.29, 1.82) is 0 Å². The first-order valence-electron chi connectivity index (χ1n) is 4.64. The highest BCUT2D eigenvalue weighted by molar-refractivity contribution is 5.93. The summed E-state index contributed by atoms with van der Waals surface area (Å²) in [5.41, 5.74) is 1.63. The van der Waals surface area contributed by atoms with Gasteiger partial charge in [-0.15, -0.1) is 0 Å². The fourth-order valence-corrected chi connectivity index (χ4v) is 1.16. The number of nitrogens with zero attached hydrogens (tertiary/aromatic N) is 2. The van der Waals surface area contributed by atoms with Crippen molar-refractivity contribution in [3.05, 3.63) is 54.9 Å². The molecule has 0 bridgehead atoms. The molecule has 0 N–H and O–H groups in total. The Kier molecular flexibility index (Phi) is 3.80. The Bertz CT molecular complexity index is 413. The van der Waals surface area contributed by atoms with Crippen molar-refractivity contribution in [1.82, 2.24) is 9.78 Å². The number of hydrogen-bond donors (Lipinski definition) is 0. The maximum absolute atomic E-state index is 11.0. The van der Waals surface area contributed by atoms with Crippen molar-refractivity contribution in [3.63, 3.8) is 0 Å². The zero-order valence-corrected chi connectivity index (χ0v) is 8.81. The topological polar surface area (TPSA) is 34.9 Å². The zero-order valence-electron chi connectivity index (χ0n) is 8.81. The van der Waals surface area contributed by atoms with Crippen molar-refractivity contribution >= 4 is 5.78 Å². The van der Waals surface area contributed by atoms with E-state index < -0.39 is 0 Å². The van der Waals surface area contributed by atoms with Crippen LogP contribution in [0.4, 0.5) is 0 Å². The van der Waals surface area contributed by atoms with Crippen LogP contribution < -0.4 is 0 Å². The van der Waals surface area contributed by atoms with E-state index in [-0.39, 0.29) is 5.78 Å². The number of carbonyl (C=O) groups excluding carboxylic acids is 1. The fraction of sp³-hybridized carbons (Fsp3) is 0.167. The highest BCUT2D eigenvalue weighted by atomic mass is 16.1. The quantitative estimate of drug-likeness (QED) is 0.542. The van der Waals surface area contributed by atoms with Crippen molar-refractivity contribution < 1.29 is 4.79 Å². The first-order chi connectivity index (χ1) is 7.17. The molecular formula is C12H14N2O. The van der Waals surface area contributed by atoms with Crippen LogP contribution in [-0.4, -0.2) is 15.6 Å². The van der Waals surface area contributed by atoms with Crippen molar-refractivity contribution in [2.45, 2.75) is 13.5 Å². The number of rotatable bonds is 5. The Morgan fingerprint density at radius 1 is 1.60 bits per heavy atom. The van der Waals surface area contributed by atoms with Gasteiger partial charge in [0.1, 0.15) is 0 Å². The summed E-state index contributed by atoms with van der Waals surface area (Å²) < 4.78 is 1.70. The van der Waals surface area contributed by atoms with Crippen LogP contribution in [0.2, 0.25) is 0 Å². The SMILES string of the molecule is C=C/C=C(\C=C)Cn1cc(C(C)=O)cn1. The molecule has 0 aliphatic rings. The molecule has 1 aromatic heterocycles. The number of ketones is 1. The molecule has 0 saturated heterocycles. The third kappa shape index (κ3) is 3.06. The summed E-state index contributed by atoms with van der Waals surface area (Å²) in [7, 11) is 0. The van der Waals surface area contributed by atoms with E-state index >= 15 is 0 Å². The standard InChI is InChI=1S/C12H14N2O/c1-4-6-11(5-2)8-14-9-12(7-13-14)10(3)15/h4-7,9H,1-2,8H2,3H3/b11-6+. The molecule has 1 aromatic rings. The molecule has 0 amide bonds. The Morgan fingerprint density at radius 3 is 2.80 bits per heavy atom. The van der Waals surface area contributed by atoms with Crippen molar-refractivity contribution in [3.8, 4) is 0 Å². The predicted octanol–water partition coefficient (Wildman–Crippen LogP) is 2.38. The van der Waals surface area contributed by atoms with E-state index in [0.29, 0.717) is 12.1 Å². The summed E-state index contributed by atoms with van der Waals surface area (Å²) in [6.45, 7) is 9.43. The van der Waals surface area contributed by atoms with E-state index in [1.165, 1.54) is 6.92 Å². The van der Waals surface area contributed by atoms with Gasteiger partial charge in [-0.3, -0.25) is 9.48 Å². The van der Waals surface area contributed by atoms with Crippen LogP contribution in [0.25, 0.3) is 0 Å². The Labute approximate surface area is 89.4 Å². The van der Waals surface area contributed by atoms with Crippen LogP contribution in [-0.2, 0) is 6.54 Å². The summed E-state index contributed by atoms with van der Waals surface area (Å²) in [4.78, 5) is 11.0. The van der Waals surface area contributed by atoms with Crippen LogP contribution in [0.1, 0.15) is 17.3 Å². The van der Waals surface area contributed by atoms with Crippen LogP contribution >= 0.6 is 0 Å². The van der Waals surface area contributed by atoms with Gasteiger partial charge in [-0.05, 0) is 12.5 Å². The largest absolute Gasteiger partial charge is 0.294 e. The highest BCUT2D eigenvalue weighted by Crippen LogP contribution is 2.04. The summed E-state index contributed by atoms with van der Waals surface area (Å²) in [5, 5.41) is 4.08. The molecule has 0 radical (unpaired) electrons. The van der Waals surface area contributed by atoms with Crippen molar-refractivity contribution in [2.24, 2.45) is 0 Å². The van der Waals surface area contributed by atoms with Gasteiger partial charge in [0.25, 0.3) is 0 Å². The minimum atomic E-state index is 0.0223. The van der Waals surface area contributed by atoms with E-state index in [2.05, 4.69) is 18.3 Å². The second kappa shape index (κ2) is 5.10. The smallest absolute Gasteiger partial charge is 0.162 e. The zero-order chi connectivity index (χ0) is 11.3. The molecule has 0 unspecified atom stereocenters. The second-order valence-corrected chi connectivity index (χ2v) is 3.16. The maximum Gasteiger partial charge on any atom is 0.162 e. The maximum atomic E-state index is 11.0. The number of Topliss-reactive ketones (excluding diaryl/α,β-unsaturated/α-hetero) is 1. The summed E-state index contributed by atoms with van der Waals surface area (Å²) >= 11 is 0. The van der Waals surface area contributed by atoms with Gasteiger partial charge in [-0.2, -0.15) is 5.10 Å². The molecular weight excluding hydrogens is 188 g/mol. The van der Waals surface area contributed by atoms with Gasteiger partial charge < -0.3 is 0 Å². The van der Waals surface area contributed by atoms with Gasteiger partial charge in [0.05, 0.1) is 18.3 Å². The predicted molar refractivity (Wildman–Crippen MR) is 60.7 cm³/mol. The Balaban J connectivity index is 2.80. The van der Waals surface area contributed by atoms with Gasteiger partial charge in [-0.1, -0.05) is 31.4 Å². The molecule has 0 aromatic carbocycles. The van der Waals surface area contributed by atoms with Gasteiger partial charge in [0.2, 0.25) is 0 Å². The highest BCUT2D eigenvalue weighted by Gasteiger charge is 2.03. The van der Waals surface area contributed by atoms with Gasteiger partial charge in [-0.25, -0.2) is 0 Å². The molecule has 0 aliphatic heterocycles. The first kappa shape index (κ1) is 11.2. The van der Waals surface area contributed by atoms with E-state index in [9.17, 15) is 4.79 Å². The average Bonchev–Trinajstić information content (AvgIpc) is 2.65. The molecule has 0 aliphatic carbocycles. The summed E-state index contributed by atoms with van der Waals surface area (Å²) in [5.74, 6) is 0.0223. The van der Waals surface area contributed by atoms with E-state index in [4.69, 9.17) is 0 Å². The second-order valence-electron chi connectivity index (χ2n) is 3.16. The fourth-order valence-electron chi connectivity index (χ4n) is 1.16. The average molecular weight is 202 g/mol. The lowest BCUT2D eigenvalue weighted by atomic mass is 10.2. The van der Waals surface area contributed by atoms with Crippen LogP contribution in [0.3, 0.4) is 0 Å². The molecule has 0 saturated carbocycles. The van der Waals surface area contributed by atoms with E-state index in [1.807, 2.05) is 6.08 Å². The van der Waals surface area contributed by atoms with Gasteiger partial charge in [0.15, 0.2) is 5.78 Å². The Morgan fingerprint density at radius 2 is 2.33 bits per heavy atom. The summed E-state index contributed by atoms with van der Waals surface area (Å²) in [6.07, 6.45) is 8.60. The monoisotopic (exact) mass is 202 g/mol. The van der Waals surface area contributed by atoms with Crippen LogP contribution in [0.5, 0.6) is 0 Å². The minimum Gasteiger partial charge on any atom is -0.294 e. The number of aromatic nitrogens is 2. The number of allylic oxidation sites excluding steroid dienone is 4. The number of carbonyl (C=O) groups is 1. The number of hydrogen-bond acceptors (Lipinski definition) is 2. The van der Waals surface area contributed by atoms with Crippen LogP contribution in [0, 0.1) is 0 Å². The molecule has 78 valence electrons. The molecule has 0 fully saturated rings. The third-order valence-electron chi connectivity index (χ3n) is 1.98. The van der Waals surface area contributed by atoms with Gasteiger partial charge >= 0.3 is 0 Å². The molecule has 0 spiro atoms. The molecule has 3 heteroatoms.